The molecule has 0 spiro atoms. The summed E-state index contributed by atoms with van der Waals surface area (Å²) in [6, 6.07) is 7.72. The molecule has 1 aromatic rings. The van der Waals surface area contributed by atoms with Crippen molar-refractivity contribution >= 4 is 18.5 Å². The minimum atomic E-state index is 0.0983. The predicted octanol–water partition coefficient (Wildman–Crippen LogP) is 1.73. The normalized spacial score (nSPS) is 15.8. The summed E-state index contributed by atoms with van der Waals surface area (Å²) in [6.45, 7) is 4.09. The fraction of sp³-hybridized carbons (Fsp3) is 0.500. The van der Waals surface area contributed by atoms with E-state index in [1.165, 1.54) is 25.9 Å². The van der Waals surface area contributed by atoms with E-state index in [0.717, 1.165) is 23.5 Å². The van der Waals surface area contributed by atoms with Crippen molar-refractivity contribution in [3.8, 4) is 0 Å². The third kappa shape index (κ3) is 4.35. The third-order valence-electron chi connectivity index (χ3n) is 3.25. The molecular formula is C14H20N2OS. The van der Waals surface area contributed by atoms with E-state index < -0.39 is 0 Å². The lowest BCUT2D eigenvalue weighted by Crippen LogP contribution is -2.34. The van der Waals surface area contributed by atoms with Crippen molar-refractivity contribution in [2.75, 3.05) is 26.2 Å². The topological polar surface area (TPSA) is 32.3 Å². The zero-order valence-corrected chi connectivity index (χ0v) is 11.5. The van der Waals surface area contributed by atoms with Crippen LogP contribution in [0, 0.1) is 0 Å². The molecule has 0 radical (unpaired) electrons. The summed E-state index contributed by atoms with van der Waals surface area (Å²) in [6.07, 6.45) is 3.04. The molecule has 0 aliphatic carbocycles. The highest BCUT2D eigenvalue weighted by Gasteiger charge is 2.11. The molecule has 98 valence electrons. The number of thiol groups is 1. The molecule has 1 amide bonds. The maximum absolute atomic E-state index is 11.7. The summed E-state index contributed by atoms with van der Waals surface area (Å²) in [5.41, 5.74) is 1.03. The largest absolute Gasteiger partial charge is 0.355 e. The number of nitrogens with zero attached hydrogens (tertiary/aromatic N) is 1. The number of carbonyl (C=O) groups excluding carboxylic acids is 1. The highest BCUT2D eigenvalue weighted by molar-refractivity contribution is 7.80. The molecule has 1 heterocycles. The van der Waals surface area contributed by atoms with Gasteiger partial charge in [-0.25, -0.2) is 0 Å². The third-order valence-corrected chi connectivity index (χ3v) is 3.55. The van der Waals surface area contributed by atoms with E-state index >= 15 is 0 Å². The maximum Gasteiger partial charge on any atom is 0.224 e. The Balaban J connectivity index is 1.66. The Morgan fingerprint density at radius 2 is 1.89 bits per heavy atom. The number of amides is 1. The first-order valence-corrected chi connectivity index (χ1v) is 6.96. The van der Waals surface area contributed by atoms with Gasteiger partial charge in [0.25, 0.3) is 0 Å². The van der Waals surface area contributed by atoms with Gasteiger partial charge in [0, 0.05) is 18.0 Å². The molecule has 1 N–H and O–H groups in total. The van der Waals surface area contributed by atoms with Crippen LogP contribution in [0.1, 0.15) is 18.4 Å². The van der Waals surface area contributed by atoms with Crippen LogP contribution in [0.4, 0.5) is 0 Å². The molecule has 18 heavy (non-hydrogen) atoms. The Morgan fingerprint density at radius 1 is 1.22 bits per heavy atom. The van der Waals surface area contributed by atoms with Gasteiger partial charge >= 0.3 is 0 Å². The molecule has 1 saturated heterocycles. The molecule has 1 aromatic carbocycles. The van der Waals surface area contributed by atoms with E-state index in [0.29, 0.717) is 6.42 Å². The first kappa shape index (κ1) is 13.4. The molecule has 0 atom stereocenters. The average molecular weight is 264 g/mol. The van der Waals surface area contributed by atoms with Gasteiger partial charge in [-0.2, -0.15) is 0 Å². The zero-order chi connectivity index (χ0) is 12.8. The maximum atomic E-state index is 11.7. The molecule has 1 aliphatic heterocycles. The average Bonchev–Trinajstić information content (AvgIpc) is 2.85. The fourth-order valence-electron chi connectivity index (χ4n) is 2.22. The van der Waals surface area contributed by atoms with Gasteiger partial charge in [0.1, 0.15) is 0 Å². The Kier molecular flexibility index (Phi) is 5.08. The highest BCUT2D eigenvalue weighted by atomic mass is 32.1. The molecule has 0 aromatic heterocycles. The number of benzene rings is 1. The van der Waals surface area contributed by atoms with Crippen LogP contribution in [0.3, 0.4) is 0 Å². The van der Waals surface area contributed by atoms with Crippen LogP contribution in [-0.2, 0) is 11.2 Å². The Labute approximate surface area is 114 Å². The summed E-state index contributed by atoms with van der Waals surface area (Å²) < 4.78 is 0. The minimum Gasteiger partial charge on any atom is -0.355 e. The molecule has 2 rings (SSSR count). The SMILES string of the molecule is O=C(Cc1ccc(S)cc1)NCCN1CCCC1. The van der Waals surface area contributed by atoms with E-state index in [2.05, 4.69) is 22.8 Å². The summed E-state index contributed by atoms with van der Waals surface area (Å²) in [4.78, 5) is 15.0. The predicted molar refractivity (Wildman–Crippen MR) is 76.1 cm³/mol. The van der Waals surface area contributed by atoms with Gasteiger partial charge < -0.3 is 10.2 Å². The van der Waals surface area contributed by atoms with Crippen LogP contribution in [0.2, 0.25) is 0 Å². The first-order valence-electron chi connectivity index (χ1n) is 6.51. The van der Waals surface area contributed by atoms with E-state index in [9.17, 15) is 4.79 Å². The van der Waals surface area contributed by atoms with Crippen LogP contribution in [-0.4, -0.2) is 37.0 Å². The van der Waals surface area contributed by atoms with Crippen molar-refractivity contribution < 1.29 is 4.79 Å². The number of likely N-dealkylation sites (tertiary alicyclic amines) is 1. The van der Waals surface area contributed by atoms with Crippen molar-refractivity contribution in [1.29, 1.82) is 0 Å². The molecule has 3 nitrogen and oxygen atoms in total. The first-order chi connectivity index (χ1) is 8.74. The van der Waals surface area contributed by atoms with Gasteiger partial charge in [-0.05, 0) is 43.6 Å². The smallest absolute Gasteiger partial charge is 0.224 e. The Morgan fingerprint density at radius 3 is 2.56 bits per heavy atom. The molecule has 0 unspecified atom stereocenters. The van der Waals surface area contributed by atoms with Crippen LogP contribution < -0.4 is 5.32 Å². The fourth-order valence-corrected chi connectivity index (χ4v) is 2.37. The van der Waals surface area contributed by atoms with Gasteiger partial charge in [0.05, 0.1) is 6.42 Å². The molecule has 1 fully saturated rings. The van der Waals surface area contributed by atoms with Gasteiger partial charge in [-0.3, -0.25) is 4.79 Å². The second kappa shape index (κ2) is 6.81. The molecule has 0 bridgehead atoms. The number of carbonyl (C=O) groups is 1. The molecule has 0 saturated carbocycles. The summed E-state index contributed by atoms with van der Waals surface area (Å²) in [5, 5.41) is 2.97. The van der Waals surface area contributed by atoms with E-state index in [-0.39, 0.29) is 5.91 Å². The number of hydrogen-bond acceptors (Lipinski definition) is 3. The van der Waals surface area contributed by atoms with E-state index in [1.807, 2.05) is 24.3 Å². The second-order valence-electron chi connectivity index (χ2n) is 4.74. The monoisotopic (exact) mass is 264 g/mol. The lowest BCUT2D eigenvalue weighted by atomic mass is 10.1. The van der Waals surface area contributed by atoms with Crippen LogP contribution in [0.5, 0.6) is 0 Å². The van der Waals surface area contributed by atoms with Gasteiger partial charge in [0.2, 0.25) is 5.91 Å². The van der Waals surface area contributed by atoms with Crippen LogP contribution in [0.15, 0.2) is 29.2 Å². The summed E-state index contributed by atoms with van der Waals surface area (Å²) >= 11 is 4.22. The van der Waals surface area contributed by atoms with Gasteiger partial charge in [0.15, 0.2) is 0 Å². The molecular weight excluding hydrogens is 244 g/mol. The molecule has 1 aliphatic rings. The highest BCUT2D eigenvalue weighted by Crippen LogP contribution is 2.08. The lowest BCUT2D eigenvalue weighted by molar-refractivity contribution is -0.120. The van der Waals surface area contributed by atoms with Crippen molar-refractivity contribution in [2.45, 2.75) is 24.2 Å². The summed E-state index contributed by atoms with van der Waals surface area (Å²) in [7, 11) is 0. The Hall–Kier alpha value is -1.00. The summed E-state index contributed by atoms with van der Waals surface area (Å²) in [5.74, 6) is 0.0983. The lowest BCUT2D eigenvalue weighted by Gasteiger charge is -2.14. The quantitative estimate of drug-likeness (QED) is 0.794. The van der Waals surface area contributed by atoms with Gasteiger partial charge in [-0.15, -0.1) is 12.6 Å². The van der Waals surface area contributed by atoms with Crippen LogP contribution in [0.25, 0.3) is 0 Å². The number of nitrogens with one attached hydrogen (secondary N) is 1. The van der Waals surface area contributed by atoms with Crippen molar-refractivity contribution in [2.24, 2.45) is 0 Å². The standard InChI is InChI=1S/C14H20N2OS/c17-14(11-12-3-5-13(18)6-4-12)15-7-10-16-8-1-2-9-16/h3-6,18H,1-2,7-11H2,(H,15,17). The minimum absolute atomic E-state index is 0.0983. The van der Waals surface area contributed by atoms with Gasteiger partial charge in [-0.1, -0.05) is 12.1 Å². The number of hydrogen-bond donors (Lipinski definition) is 2. The molecule has 4 heteroatoms. The van der Waals surface area contributed by atoms with Crippen molar-refractivity contribution in [3.63, 3.8) is 0 Å². The van der Waals surface area contributed by atoms with E-state index in [4.69, 9.17) is 0 Å². The zero-order valence-electron chi connectivity index (χ0n) is 10.6. The van der Waals surface area contributed by atoms with Crippen molar-refractivity contribution in [3.05, 3.63) is 29.8 Å². The van der Waals surface area contributed by atoms with Crippen molar-refractivity contribution in [1.82, 2.24) is 10.2 Å². The Bertz CT molecular complexity index is 385. The van der Waals surface area contributed by atoms with Crippen LogP contribution >= 0.6 is 12.6 Å². The van der Waals surface area contributed by atoms with E-state index in [1.54, 1.807) is 0 Å². The number of rotatable bonds is 5. The second-order valence-corrected chi connectivity index (χ2v) is 5.26.